The summed E-state index contributed by atoms with van der Waals surface area (Å²) in [6.07, 6.45) is 8.15. The van der Waals surface area contributed by atoms with Gasteiger partial charge in [0.1, 0.15) is 0 Å². The Hall–Kier alpha value is -1.61. The fourth-order valence-electron chi connectivity index (χ4n) is 2.83. The average Bonchev–Trinajstić information content (AvgIpc) is 3.00. The van der Waals surface area contributed by atoms with Crippen molar-refractivity contribution in [2.45, 2.75) is 44.7 Å². The van der Waals surface area contributed by atoms with E-state index < -0.39 is 10.0 Å². The number of nitrogens with zero attached hydrogens (tertiary/aromatic N) is 2. The minimum absolute atomic E-state index is 0.0644. The molecule has 2 unspecified atom stereocenters. The molecule has 3 N–H and O–H groups in total. The van der Waals surface area contributed by atoms with Gasteiger partial charge in [0.25, 0.3) is 0 Å². The number of amides is 2. The van der Waals surface area contributed by atoms with Gasteiger partial charge in [0.2, 0.25) is 10.0 Å². The lowest BCUT2D eigenvalue weighted by atomic mass is 10.00. The fourth-order valence-corrected chi connectivity index (χ4v) is 3.32. The Morgan fingerprint density at radius 1 is 1.52 bits per heavy atom. The Balaban J connectivity index is 1.90. The number of urea groups is 1. The summed E-state index contributed by atoms with van der Waals surface area (Å²) >= 11 is 0. The first kappa shape index (κ1) is 17.7. The van der Waals surface area contributed by atoms with E-state index in [1.54, 1.807) is 12.4 Å². The van der Waals surface area contributed by atoms with Crippen molar-refractivity contribution in [2.75, 3.05) is 19.3 Å². The predicted molar refractivity (Wildman–Crippen MR) is 87.3 cm³/mol. The topological polar surface area (TPSA) is 107 Å². The number of hydrogen-bond donors (Lipinski definition) is 3. The molecule has 0 bridgehead atoms. The number of nitrogens with one attached hydrogen (secondary N) is 3. The molecule has 0 spiro atoms. The lowest BCUT2D eigenvalue weighted by molar-refractivity contribution is 0.144. The van der Waals surface area contributed by atoms with Crippen LogP contribution in [0.25, 0.3) is 0 Å². The molecule has 1 fully saturated rings. The monoisotopic (exact) mass is 343 g/mol. The van der Waals surface area contributed by atoms with Gasteiger partial charge in [-0.1, -0.05) is 0 Å². The average molecular weight is 343 g/mol. The van der Waals surface area contributed by atoms with Gasteiger partial charge in [-0.3, -0.25) is 5.10 Å². The van der Waals surface area contributed by atoms with E-state index in [-0.39, 0.29) is 18.1 Å². The number of piperidine rings is 1. The molecule has 1 saturated heterocycles. The normalized spacial score (nSPS) is 20.3. The molecule has 2 rings (SSSR count). The first-order chi connectivity index (χ1) is 10.9. The fraction of sp³-hybridized carbons (Fsp3) is 0.714. The second-order valence-corrected chi connectivity index (χ2v) is 7.83. The van der Waals surface area contributed by atoms with E-state index in [9.17, 15) is 13.2 Å². The minimum atomic E-state index is -3.19. The zero-order valence-corrected chi connectivity index (χ0v) is 14.4. The van der Waals surface area contributed by atoms with Gasteiger partial charge in [-0.2, -0.15) is 5.10 Å². The van der Waals surface area contributed by atoms with Gasteiger partial charge in [-0.05, 0) is 32.6 Å². The summed E-state index contributed by atoms with van der Waals surface area (Å²) in [6, 6.07) is -0.171. The van der Waals surface area contributed by atoms with E-state index in [2.05, 4.69) is 20.2 Å². The summed E-state index contributed by atoms with van der Waals surface area (Å²) in [5, 5.41) is 9.60. The van der Waals surface area contributed by atoms with Crippen LogP contribution in [0, 0.1) is 0 Å². The second kappa shape index (κ2) is 7.78. The Morgan fingerprint density at radius 2 is 2.30 bits per heavy atom. The molecule has 2 atom stereocenters. The maximum atomic E-state index is 12.5. The zero-order chi connectivity index (χ0) is 16.9. The van der Waals surface area contributed by atoms with Gasteiger partial charge < -0.3 is 10.2 Å². The molecule has 23 heavy (non-hydrogen) atoms. The number of likely N-dealkylation sites (tertiary alicyclic amines) is 1. The number of carbonyl (C=O) groups is 1. The number of aromatic nitrogens is 2. The second-order valence-electron chi connectivity index (χ2n) is 6.00. The Kier molecular flexibility index (Phi) is 6.00. The molecule has 130 valence electrons. The predicted octanol–water partition coefficient (Wildman–Crippen LogP) is 0.974. The van der Waals surface area contributed by atoms with Crippen molar-refractivity contribution in [3.63, 3.8) is 0 Å². The standard InChI is InChI=1S/C14H25N5O3S/c1-11(12-9-15-16-10-12)18-14(20)19-8-4-3-5-13(19)6-7-17-23(2,21)22/h9-11,13,17H,3-8H2,1-2H3,(H,15,16)(H,18,20). The molecule has 1 aliphatic rings. The SMILES string of the molecule is CC(NC(=O)N1CCCCC1CCNS(C)(=O)=O)c1cn[nH]c1. The van der Waals surface area contributed by atoms with Crippen molar-refractivity contribution in [1.29, 1.82) is 0 Å². The smallest absolute Gasteiger partial charge is 0.318 e. The van der Waals surface area contributed by atoms with Gasteiger partial charge in [0.15, 0.2) is 0 Å². The number of sulfonamides is 1. The first-order valence-corrected chi connectivity index (χ1v) is 9.76. The van der Waals surface area contributed by atoms with Crippen molar-refractivity contribution in [2.24, 2.45) is 0 Å². The Labute approximate surface area is 137 Å². The molecule has 0 radical (unpaired) electrons. The molecule has 1 aromatic rings. The first-order valence-electron chi connectivity index (χ1n) is 7.87. The summed E-state index contributed by atoms with van der Waals surface area (Å²) < 4.78 is 24.8. The summed E-state index contributed by atoms with van der Waals surface area (Å²) in [6.45, 7) is 2.96. The summed E-state index contributed by atoms with van der Waals surface area (Å²) in [5.41, 5.74) is 0.922. The van der Waals surface area contributed by atoms with Crippen LogP contribution in [0.4, 0.5) is 4.79 Å². The highest BCUT2D eigenvalue weighted by Crippen LogP contribution is 2.20. The van der Waals surface area contributed by atoms with Crippen LogP contribution in [0.15, 0.2) is 12.4 Å². The highest BCUT2D eigenvalue weighted by Gasteiger charge is 2.27. The van der Waals surface area contributed by atoms with E-state index in [1.807, 2.05) is 11.8 Å². The van der Waals surface area contributed by atoms with E-state index in [4.69, 9.17) is 0 Å². The van der Waals surface area contributed by atoms with Crippen LogP contribution in [0.1, 0.15) is 44.2 Å². The van der Waals surface area contributed by atoms with Gasteiger partial charge in [0.05, 0.1) is 18.5 Å². The van der Waals surface area contributed by atoms with Crippen LogP contribution in [0.3, 0.4) is 0 Å². The van der Waals surface area contributed by atoms with Crippen molar-refractivity contribution >= 4 is 16.1 Å². The molecule has 8 nitrogen and oxygen atoms in total. The molecule has 0 aliphatic carbocycles. The summed E-state index contributed by atoms with van der Waals surface area (Å²) in [7, 11) is -3.19. The number of aromatic amines is 1. The lowest BCUT2D eigenvalue weighted by Crippen LogP contribution is -2.50. The highest BCUT2D eigenvalue weighted by atomic mass is 32.2. The third-order valence-electron chi connectivity index (χ3n) is 4.09. The largest absolute Gasteiger partial charge is 0.331 e. The zero-order valence-electron chi connectivity index (χ0n) is 13.6. The minimum Gasteiger partial charge on any atom is -0.331 e. The van der Waals surface area contributed by atoms with Crippen LogP contribution >= 0.6 is 0 Å². The quantitative estimate of drug-likeness (QED) is 0.715. The number of rotatable bonds is 6. The van der Waals surface area contributed by atoms with Crippen LogP contribution in [0.2, 0.25) is 0 Å². The lowest BCUT2D eigenvalue weighted by Gasteiger charge is -2.36. The van der Waals surface area contributed by atoms with E-state index in [0.29, 0.717) is 19.5 Å². The number of hydrogen-bond acceptors (Lipinski definition) is 4. The molecular formula is C14H25N5O3S. The summed E-state index contributed by atoms with van der Waals surface area (Å²) in [4.78, 5) is 14.3. The molecule has 1 aliphatic heterocycles. The van der Waals surface area contributed by atoms with Crippen molar-refractivity contribution in [3.8, 4) is 0 Å². The molecular weight excluding hydrogens is 318 g/mol. The molecule has 1 aromatic heterocycles. The van der Waals surface area contributed by atoms with Gasteiger partial charge in [-0.15, -0.1) is 0 Å². The maximum absolute atomic E-state index is 12.5. The van der Waals surface area contributed by atoms with Crippen LogP contribution in [-0.2, 0) is 10.0 Å². The Bertz CT molecular complexity index is 602. The van der Waals surface area contributed by atoms with Crippen LogP contribution < -0.4 is 10.0 Å². The highest BCUT2D eigenvalue weighted by molar-refractivity contribution is 7.88. The van der Waals surface area contributed by atoms with Gasteiger partial charge in [-0.25, -0.2) is 17.9 Å². The van der Waals surface area contributed by atoms with Crippen LogP contribution in [0.5, 0.6) is 0 Å². The van der Waals surface area contributed by atoms with Gasteiger partial charge in [0, 0.05) is 30.9 Å². The van der Waals surface area contributed by atoms with Crippen molar-refractivity contribution in [3.05, 3.63) is 18.0 Å². The number of H-pyrrole nitrogens is 1. The molecule has 0 aromatic carbocycles. The van der Waals surface area contributed by atoms with Crippen molar-refractivity contribution in [1.82, 2.24) is 25.1 Å². The van der Waals surface area contributed by atoms with E-state index in [0.717, 1.165) is 31.1 Å². The molecule has 2 amide bonds. The van der Waals surface area contributed by atoms with Crippen molar-refractivity contribution < 1.29 is 13.2 Å². The van der Waals surface area contributed by atoms with Crippen LogP contribution in [-0.4, -0.2) is 54.9 Å². The summed E-state index contributed by atoms with van der Waals surface area (Å²) in [5.74, 6) is 0. The number of carbonyl (C=O) groups excluding carboxylic acids is 1. The molecule has 0 saturated carbocycles. The Morgan fingerprint density at radius 3 is 2.96 bits per heavy atom. The van der Waals surface area contributed by atoms with E-state index >= 15 is 0 Å². The van der Waals surface area contributed by atoms with E-state index in [1.165, 1.54) is 0 Å². The molecule has 2 heterocycles. The van der Waals surface area contributed by atoms with Gasteiger partial charge >= 0.3 is 6.03 Å². The third kappa shape index (κ3) is 5.51. The third-order valence-corrected chi connectivity index (χ3v) is 4.82. The maximum Gasteiger partial charge on any atom is 0.318 e. The molecule has 9 heteroatoms.